The summed E-state index contributed by atoms with van der Waals surface area (Å²) in [5.41, 5.74) is 1.64. The number of carbonyl (C=O) groups excluding carboxylic acids is 2. The van der Waals surface area contributed by atoms with Crippen molar-refractivity contribution in [1.82, 2.24) is 4.98 Å². The van der Waals surface area contributed by atoms with Gasteiger partial charge in [-0.1, -0.05) is 23.7 Å². The summed E-state index contributed by atoms with van der Waals surface area (Å²) < 4.78 is 0.571. The summed E-state index contributed by atoms with van der Waals surface area (Å²) in [6, 6.07) is 10.9. The molecule has 122 valence electrons. The molecule has 0 radical (unpaired) electrons. The standard InChI is InChI=1S/C17H13ClN2O2S2/c18-15-6-5-14(24-15)13(21)4-7-16(22)20-12-3-1-2-11(10-12)17-19-8-9-23-17/h1-3,5-6,8-10H,4,7H2,(H,20,22). The van der Waals surface area contributed by atoms with Crippen LogP contribution in [-0.4, -0.2) is 16.7 Å². The van der Waals surface area contributed by atoms with E-state index in [0.717, 1.165) is 10.6 Å². The van der Waals surface area contributed by atoms with E-state index in [1.807, 2.05) is 29.6 Å². The van der Waals surface area contributed by atoms with Crippen LogP contribution in [0.15, 0.2) is 48.0 Å². The van der Waals surface area contributed by atoms with Crippen molar-refractivity contribution in [1.29, 1.82) is 0 Å². The average molecular weight is 377 g/mol. The van der Waals surface area contributed by atoms with Crippen molar-refractivity contribution in [3.8, 4) is 10.6 Å². The number of aromatic nitrogens is 1. The molecule has 2 aromatic heterocycles. The first-order valence-corrected chi connectivity index (χ1v) is 9.27. The number of anilines is 1. The number of amides is 1. The van der Waals surface area contributed by atoms with E-state index in [2.05, 4.69) is 10.3 Å². The van der Waals surface area contributed by atoms with Crippen molar-refractivity contribution in [3.63, 3.8) is 0 Å². The highest BCUT2D eigenvalue weighted by Crippen LogP contribution is 2.25. The van der Waals surface area contributed by atoms with Crippen LogP contribution in [0.2, 0.25) is 4.34 Å². The van der Waals surface area contributed by atoms with Crippen molar-refractivity contribution in [2.24, 2.45) is 0 Å². The lowest BCUT2D eigenvalue weighted by Crippen LogP contribution is -2.13. The summed E-state index contributed by atoms with van der Waals surface area (Å²) >= 11 is 8.58. The van der Waals surface area contributed by atoms with E-state index in [4.69, 9.17) is 11.6 Å². The summed E-state index contributed by atoms with van der Waals surface area (Å²) in [6.45, 7) is 0. The van der Waals surface area contributed by atoms with Gasteiger partial charge in [0.05, 0.1) is 9.21 Å². The number of rotatable bonds is 6. The fourth-order valence-corrected chi connectivity index (χ4v) is 3.78. The Morgan fingerprint density at radius 3 is 2.75 bits per heavy atom. The quantitative estimate of drug-likeness (QED) is 0.607. The smallest absolute Gasteiger partial charge is 0.224 e. The number of hydrogen-bond acceptors (Lipinski definition) is 5. The van der Waals surface area contributed by atoms with Gasteiger partial charge in [-0.25, -0.2) is 4.98 Å². The summed E-state index contributed by atoms with van der Waals surface area (Å²) in [7, 11) is 0. The molecule has 0 saturated heterocycles. The van der Waals surface area contributed by atoms with Crippen molar-refractivity contribution < 1.29 is 9.59 Å². The van der Waals surface area contributed by atoms with Gasteiger partial charge in [0, 0.05) is 35.7 Å². The number of Topliss-reactive ketones (excluding diaryl/α,β-unsaturated/α-hetero) is 1. The zero-order valence-electron chi connectivity index (χ0n) is 12.5. The first-order chi connectivity index (χ1) is 11.6. The second kappa shape index (κ2) is 7.70. The average Bonchev–Trinajstić information content (AvgIpc) is 3.24. The molecule has 1 aromatic carbocycles. The Balaban J connectivity index is 1.57. The summed E-state index contributed by atoms with van der Waals surface area (Å²) in [4.78, 5) is 28.9. The SMILES string of the molecule is O=C(CCC(=O)c1ccc(Cl)s1)Nc1cccc(-c2nccs2)c1. The number of nitrogens with zero attached hydrogens (tertiary/aromatic N) is 1. The molecule has 4 nitrogen and oxygen atoms in total. The fraction of sp³-hybridized carbons (Fsp3) is 0.118. The molecule has 3 rings (SSSR count). The Bertz CT molecular complexity index is 859. The van der Waals surface area contributed by atoms with Gasteiger partial charge in [-0.2, -0.15) is 0 Å². The predicted octanol–water partition coefficient (Wildman–Crippen LogP) is 5.13. The minimum absolute atomic E-state index is 0.0708. The molecule has 0 bridgehead atoms. The largest absolute Gasteiger partial charge is 0.326 e. The number of thiophene rings is 1. The van der Waals surface area contributed by atoms with E-state index in [1.54, 1.807) is 18.3 Å². The number of benzene rings is 1. The van der Waals surface area contributed by atoms with Crippen LogP contribution in [0.5, 0.6) is 0 Å². The van der Waals surface area contributed by atoms with Gasteiger partial charge in [-0.05, 0) is 24.3 Å². The van der Waals surface area contributed by atoms with E-state index in [9.17, 15) is 9.59 Å². The Kier molecular flexibility index (Phi) is 5.40. The van der Waals surface area contributed by atoms with Gasteiger partial charge < -0.3 is 5.32 Å². The predicted molar refractivity (Wildman–Crippen MR) is 99.1 cm³/mol. The Morgan fingerprint density at radius 1 is 1.17 bits per heavy atom. The fourth-order valence-electron chi connectivity index (χ4n) is 2.13. The van der Waals surface area contributed by atoms with Crippen LogP contribution < -0.4 is 5.32 Å². The molecule has 0 saturated carbocycles. The van der Waals surface area contributed by atoms with Crippen molar-refractivity contribution in [2.45, 2.75) is 12.8 Å². The molecular weight excluding hydrogens is 364 g/mol. The minimum atomic E-state index is -0.192. The van der Waals surface area contributed by atoms with Crippen LogP contribution >= 0.6 is 34.3 Å². The molecule has 0 aliphatic rings. The lowest BCUT2D eigenvalue weighted by molar-refractivity contribution is -0.116. The van der Waals surface area contributed by atoms with Gasteiger partial charge in [-0.3, -0.25) is 9.59 Å². The first-order valence-electron chi connectivity index (χ1n) is 7.20. The van der Waals surface area contributed by atoms with Crippen LogP contribution in [0.1, 0.15) is 22.5 Å². The highest BCUT2D eigenvalue weighted by molar-refractivity contribution is 7.18. The van der Waals surface area contributed by atoms with Crippen LogP contribution in [-0.2, 0) is 4.79 Å². The second-order valence-electron chi connectivity index (χ2n) is 4.99. The molecule has 0 atom stereocenters. The van der Waals surface area contributed by atoms with Gasteiger partial charge >= 0.3 is 0 Å². The molecule has 2 heterocycles. The highest BCUT2D eigenvalue weighted by atomic mass is 35.5. The topological polar surface area (TPSA) is 59.1 Å². The molecule has 0 aliphatic heterocycles. The lowest BCUT2D eigenvalue weighted by atomic mass is 10.1. The Hall–Kier alpha value is -2.02. The van der Waals surface area contributed by atoms with Crippen LogP contribution in [0.25, 0.3) is 10.6 Å². The Morgan fingerprint density at radius 2 is 2.04 bits per heavy atom. The van der Waals surface area contributed by atoms with Crippen LogP contribution in [0.3, 0.4) is 0 Å². The van der Waals surface area contributed by atoms with E-state index in [1.165, 1.54) is 22.7 Å². The minimum Gasteiger partial charge on any atom is -0.326 e. The number of thiazole rings is 1. The van der Waals surface area contributed by atoms with Crippen LogP contribution in [0, 0.1) is 0 Å². The van der Waals surface area contributed by atoms with Crippen molar-refractivity contribution >= 4 is 51.7 Å². The van der Waals surface area contributed by atoms with E-state index in [-0.39, 0.29) is 24.5 Å². The molecule has 0 unspecified atom stereocenters. The van der Waals surface area contributed by atoms with Gasteiger partial charge in [0.1, 0.15) is 5.01 Å². The van der Waals surface area contributed by atoms with Crippen LogP contribution in [0.4, 0.5) is 5.69 Å². The van der Waals surface area contributed by atoms with Gasteiger partial charge in [0.15, 0.2) is 5.78 Å². The van der Waals surface area contributed by atoms with Gasteiger partial charge in [0.25, 0.3) is 0 Å². The van der Waals surface area contributed by atoms with Gasteiger partial charge in [-0.15, -0.1) is 22.7 Å². The maximum Gasteiger partial charge on any atom is 0.224 e. The molecule has 24 heavy (non-hydrogen) atoms. The summed E-state index contributed by atoms with van der Waals surface area (Å²) in [6.07, 6.45) is 2.04. The third-order valence-corrected chi connectivity index (χ3v) is 5.35. The zero-order chi connectivity index (χ0) is 16.9. The number of halogens is 1. The number of carbonyl (C=O) groups is 2. The second-order valence-corrected chi connectivity index (χ2v) is 7.60. The summed E-state index contributed by atoms with van der Waals surface area (Å²) in [5.74, 6) is -0.263. The van der Waals surface area contributed by atoms with E-state index in [0.29, 0.717) is 14.9 Å². The number of ketones is 1. The molecule has 0 fully saturated rings. The highest BCUT2D eigenvalue weighted by Gasteiger charge is 2.12. The molecule has 7 heteroatoms. The van der Waals surface area contributed by atoms with E-state index >= 15 is 0 Å². The molecule has 1 amide bonds. The maximum atomic E-state index is 12.1. The first kappa shape index (κ1) is 16.8. The van der Waals surface area contributed by atoms with E-state index < -0.39 is 0 Å². The third kappa shape index (κ3) is 4.29. The molecular formula is C17H13ClN2O2S2. The number of nitrogens with one attached hydrogen (secondary N) is 1. The number of hydrogen-bond donors (Lipinski definition) is 1. The van der Waals surface area contributed by atoms with Crippen molar-refractivity contribution in [2.75, 3.05) is 5.32 Å². The third-order valence-electron chi connectivity index (χ3n) is 3.25. The normalized spacial score (nSPS) is 10.5. The molecule has 3 aromatic rings. The lowest BCUT2D eigenvalue weighted by Gasteiger charge is -2.06. The maximum absolute atomic E-state index is 12.1. The van der Waals surface area contributed by atoms with Gasteiger partial charge in [0.2, 0.25) is 5.91 Å². The monoisotopic (exact) mass is 376 g/mol. The molecule has 0 aliphatic carbocycles. The molecule has 0 spiro atoms. The molecule has 1 N–H and O–H groups in total. The summed E-state index contributed by atoms with van der Waals surface area (Å²) in [5, 5.41) is 5.62. The Labute approximate surface area is 152 Å². The van der Waals surface area contributed by atoms with Crippen molar-refractivity contribution in [3.05, 3.63) is 57.2 Å². The zero-order valence-corrected chi connectivity index (χ0v) is 14.9.